The minimum Gasteiger partial charge on any atom is -0.389 e. The average Bonchev–Trinajstić information content (AvgIpc) is 2.47. The third-order valence-corrected chi connectivity index (χ3v) is 7.10. The number of ether oxygens (including phenoxy) is 1. The quantitative estimate of drug-likeness (QED) is 0.778. The Bertz CT molecular complexity index is 513. The maximum atomic E-state index is 12.8. The molecule has 0 aromatic carbocycles. The van der Waals surface area contributed by atoms with Crippen molar-refractivity contribution in [3.8, 4) is 0 Å². The lowest BCUT2D eigenvalue weighted by Gasteiger charge is -2.44. The third kappa shape index (κ3) is 4.25. The van der Waals surface area contributed by atoms with Gasteiger partial charge in [0, 0.05) is 13.2 Å². The molecule has 0 saturated carbocycles. The molecular weight excluding hydrogens is 318 g/mol. The van der Waals surface area contributed by atoms with Crippen LogP contribution in [0.25, 0.3) is 0 Å². The summed E-state index contributed by atoms with van der Waals surface area (Å²) in [6.07, 6.45) is 3.45. The monoisotopic (exact) mass is 347 g/mol. The van der Waals surface area contributed by atoms with Gasteiger partial charge in [0.2, 0.25) is 5.91 Å². The Morgan fingerprint density at radius 2 is 1.96 bits per heavy atom. The second-order valence-corrected chi connectivity index (χ2v) is 9.16. The number of rotatable bonds is 6. The van der Waals surface area contributed by atoms with Crippen LogP contribution in [-0.2, 0) is 19.4 Å². The highest BCUT2D eigenvalue weighted by Crippen LogP contribution is 2.30. The van der Waals surface area contributed by atoms with Crippen LogP contribution in [0.3, 0.4) is 0 Å². The van der Waals surface area contributed by atoms with Crippen LogP contribution in [0, 0.1) is 0 Å². The number of carbonyl (C=O) groups excluding carboxylic acids is 1. The third-order valence-electron chi connectivity index (χ3n) is 4.98. The van der Waals surface area contributed by atoms with Gasteiger partial charge in [-0.25, -0.2) is 8.42 Å². The predicted molar refractivity (Wildman–Crippen MR) is 87.9 cm³/mol. The van der Waals surface area contributed by atoms with Crippen molar-refractivity contribution in [3.63, 3.8) is 0 Å². The summed E-state index contributed by atoms with van der Waals surface area (Å²) in [6, 6.07) is -0.303. The molecule has 2 rings (SSSR count). The van der Waals surface area contributed by atoms with E-state index in [1.54, 1.807) is 4.90 Å². The van der Waals surface area contributed by atoms with Crippen molar-refractivity contribution < 1.29 is 23.1 Å². The molecule has 2 atom stereocenters. The van der Waals surface area contributed by atoms with Crippen LogP contribution in [0.4, 0.5) is 0 Å². The molecule has 0 radical (unpaired) electrons. The summed E-state index contributed by atoms with van der Waals surface area (Å²) in [5.41, 5.74) is -0.975. The molecule has 1 N–H and O–H groups in total. The molecule has 2 heterocycles. The Hall–Kier alpha value is -0.660. The molecule has 134 valence electrons. The van der Waals surface area contributed by atoms with Crippen molar-refractivity contribution in [3.05, 3.63) is 0 Å². The lowest BCUT2D eigenvalue weighted by molar-refractivity contribution is -0.141. The van der Waals surface area contributed by atoms with Crippen LogP contribution >= 0.6 is 0 Å². The van der Waals surface area contributed by atoms with E-state index in [1.165, 1.54) is 0 Å². The van der Waals surface area contributed by atoms with E-state index >= 15 is 0 Å². The van der Waals surface area contributed by atoms with Gasteiger partial charge in [-0.2, -0.15) is 0 Å². The highest BCUT2D eigenvalue weighted by atomic mass is 32.2. The van der Waals surface area contributed by atoms with E-state index in [0.717, 1.165) is 12.8 Å². The molecule has 0 aromatic rings. The van der Waals surface area contributed by atoms with Crippen molar-refractivity contribution in [2.75, 3.05) is 25.5 Å². The molecule has 2 saturated heterocycles. The van der Waals surface area contributed by atoms with E-state index in [9.17, 15) is 18.3 Å². The normalized spacial score (nSPS) is 27.5. The van der Waals surface area contributed by atoms with Gasteiger partial charge < -0.3 is 14.7 Å². The number of amides is 1. The summed E-state index contributed by atoms with van der Waals surface area (Å²) in [5, 5.41) is 10.1. The second-order valence-electron chi connectivity index (χ2n) is 6.82. The number of nitrogens with zero attached hydrogens (tertiary/aromatic N) is 1. The van der Waals surface area contributed by atoms with Gasteiger partial charge in [0.1, 0.15) is 5.25 Å². The van der Waals surface area contributed by atoms with E-state index in [2.05, 4.69) is 0 Å². The van der Waals surface area contributed by atoms with E-state index in [0.29, 0.717) is 25.9 Å². The van der Waals surface area contributed by atoms with E-state index in [-0.39, 0.29) is 37.3 Å². The molecule has 7 heteroatoms. The molecule has 6 nitrogen and oxygen atoms in total. The molecule has 0 unspecified atom stereocenters. The zero-order valence-electron chi connectivity index (χ0n) is 14.2. The van der Waals surface area contributed by atoms with Crippen LogP contribution in [0.1, 0.15) is 52.4 Å². The van der Waals surface area contributed by atoms with Crippen LogP contribution < -0.4 is 0 Å². The first kappa shape index (κ1) is 18.7. The standard InChI is InChI=1S/C16H29NO5S/c1-3-6-16(19,7-4-2)11-15(18)17-8-10-23(20,21)14-12-22-9-5-13(14)17/h13-14,19H,3-12H2,1-2H3/t13-,14+/m0/s1. The Kier molecular flexibility index (Phi) is 6.08. The van der Waals surface area contributed by atoms with E-state index in [4.69, 9.17) is 4.74 Å². The van der Waals surface area contributed by atoms with Crippen molar-refractivity contribution in [2.24, 2.45) is 0 Å². The summed E-state index contributed by atoms with van der Waals surface area (Å²) in [5.74, 6) is -0.135. The van der Waals surface area contributed by atoms with Gasteiger partial charge in [0.05, 0.1) is 30.4 Å². The summed E-state index contributed by atoms with van der Waals surface area (Å²) < 4.78 is 29.7. The number of hydrogen-bond acceptors (Lipinski definition) is 5. The fourth-order valence-corrected chi connectivity index (χ4v) is 5.69. The molecule has 2 aliphatic rings. The summed E-state index contributed by atoms with van der Waals surface area (Å²) in [7, 11) is -3.20. The van der Waals surface area contributed by atoms with Gasteiger partial charge in [0.15, 0.2) is 9.84 Å². The first-order valence-electron chi connectivity index (χ1n) is 8.64. The maximum absolute atomic E-state index is 12.8. The molecule has 2 fully saturated rings. The molecule has 23 heavy (non-hydrogen) atoms. The lowest BCUT2D eigenvalue weighted by atomic mass is 9.88. The maximum Gasteiger partial charge on any atom is 0.225 e. The fourth-order valence-electron chi connectivity index (χ4n) is 3.87. The summed E-state index contributed by atoms with van der Waals surface area (Å²) in [6.45, 7) is 4.87. The number of aliphatic hydroxyl groups is 1. The largest absolute Gasteiger partial charge is 0.389 e. The SMILES string of the molecule is CCCC(O)(CCC)CC(=O)N1CCS(=O)(=O)[C@@H]2COCC[C@@H]21. The van der Waals surface area contributed by atoms with Crippen molar-refractivity contribution >= 4 is 15.7 Å². The molecule has 0 bridgehead atoms. The predicted octanol–water partition coefficient (Wildman–Crippen LogP) is 1.12. The van der Waals surface area contributed by atoms with Crippen LogP contribution in [0.2, 0.25) is 0 Å². The highest BCUT2D eigenvalue weighted by molar-refractivity contribution is 7.92. The Morgan fingerprint density at radius 3 is 2.57 bits per heavy atom. The molecule has 0 aromatic heterocycles. The average molecular weight is 347 g/mol. The first-order chi connectivity index (χ1) is 10.8. The number of carbonyl (C=O) groups is 1. The Labute approximate surface area is 139 Å². The van der Waals surface area contributed by atoms with Gasteiger partial charge in [-0.05, 0) is 19.3 Å². The second kappa shape index (κ2) is 7.49. The minimum absolute atomic E-state index is 0.0107. The first-order valence-corrected chi connectivity index (χ1v) is 10.4. The van der Waals surface area contributed by atoms with Gasteiger partial charge in [-0.1, -0.05) is 26.7 Å². The fraction of sp³-hybridized carbons (Fsp3) is 0.938. The van der Waals surface area contributed by atoms with Gasteiger partial charge in [-0.15, -0.1) is 0 Å². The van der Waals surface area contributed by atoms with Crippen molar-refractivity contribution in [1.29, 1.82) is 0 Å². The van der Waals surface area contributed by atoms with Crippen molar-refractivity contribution in [1.82, 2.24) is 4.90 Å². The molecular formula is C16H29NO5S. The highest BCUT2D eigenvalue weighted by Gasteiger charge is 2.46. The number of sulfone groups is 1. The van der Waals surface area contributed by atoms with Crippen LogP contribution in [-0.4, -0.2) is 66.7 Å². The zero-order valence-corrected chi connectivity index (χ0v) is 15.0. The number of fused-ring (bicyclic) bond motifs is 1. The summed E-state index contributed by atoms with van der Waals surface area (Å²) in [4.78, 5) is 14.4. The molecule has 0 spiro atoms. The Balaban J connectivity index is 2.12. The van der Waals surface area contributed by atoms with Gasteiger partial charge >= 0.3 is 0 Å². The van der Waals surface area contributed by atoms with Gasteiger partial charge in [0.25, 0.3) is 0 Å². The smallest absolute Gasteiger partial charge is 0.225 e. The van der Waals surface area contributed by atoms with E-state index in [1.807, 2.05) is 13.8 Å². The van der Waals surface area contributed by atoms with Crippen molar-refractivity contribution in [2.45, 2.75) is 69.3 Å². The molecule has 1 amide bonds. The minimum atomic E-state index is -3.20. The number of hydrogen-bond donors (Lipinski definition) is 1. The molecule has 2 aliphatic heterocycles. The van der Waals surface area contributed by atoms with Crippen LogP contribution in [0.5, 0.6) is 0 Å². The van der Waals surface area contributed by atoms with Crippen LogP contribution in [0.15, 0.2) is 0 Å². The molecule has 0 aliphatic carbocycles. The summed E-state index contributed by atoms with van der Waals surface area (Å²) >= 11 is 0. The topological polar surface area (TPSA) is 83.9 Å². The van der Waals surface area contributed by atoms with E-state index < -0.39 is 20.7 Å². The lowest BCUT2D eigenvalue weighted by Crippen LogP contribution is -2.60. The Morgan fingerprint density at radius 1 is 1.30 bits per heavy atom. The zero-order chi connectivity index (χ0) is 17.1. The van der Waals surface area contributed by atoms with Gasteiger partial charge in [-0.3, -0.25) is 4.79 Å².